The summed E-state index contributed by atoms with van der Waals surface area (Å²) in [5.74, 6) is -1.06. The molecule has 1 aliphatic heterocycles. The van der Waals surface area contributed by atoms with Gasteiger partial charge < -0.3 is 25.0 Å². The molecule has 1 atom stereocenters. The van der Waals surface area contributed by atoms with E-state index in [1.54, 1.807) is 17.9 Å². The first-order valence-corrected chi connectivity index (χ1v) is 13.0. The second-order valence-corrected chi connectivity index (χ2v) is 9.47. The molecular weight excluding hydrogens is 490 g/mol. The van der Waals surface area contributed by atoms with E-state index >= 15 is 0 Å². The number of benzene rings is 1. The van der Waals surface area contributed by atoms with E-state index in [1.165, 1.54) is 4.90 Å². The average molecular weight is 524 g/mol. The Kier molecular flexibility index (Phi) is 8.88. The van der Waals surface area contributed by atoms with Crippen molar-refractivity contribution in [1.82, 2.24) is 25.1 Å². The highest BCUT2D eigenvalue weighted by atomic mass is 16.6. The van der Waals surface area contributed by atoms with E-state index in [1.807, 2.05) is 30.3 Å². The second-order valence-electron chi connectivity index (χ2n) is 9.47. The highest BCUT2D eigenvalue weighted by molar-refractivity contribution is 5.96. The quantitative estimate of drug-likeness (QED) is 0.484. The molecule has 11 nitrogen and oxygen atoms in total. The number of aromatic nitrogens is 2. The molecule has 4 rings (SSSR count). The summed E-state index contributed by atoms with van der Waals surface area (Å²) in [5, 5.41) is 11.9. The fourth-order valence-corrected chi connectivity index (χ4v) is 4.38. The van der Waals surface area contributed by atoms with E-state index in [0.717, 1.165) is 24.1 Å². The number of hydrogen-bond donors (Lipinski definition) is 2. The molecule has 11 heteroatoms. The first-order chi connectivity index (χ1) is 18.4. The summed E-state index contributed by atoms with van der Waals surface area (Å²) in [4.78, 5) is 62.2. The number of carbonyl (C=O) groups excluding carboxylic acids is 3. The SMILES string of the molecule is CCOC(=O)N1CCN(C(=O)[C@H](CCCC(=O)O)NC(=O)c2cc(C3CC3)nc(-c3ccccc3)n2)CC1. The molecule has 2 fully saturated rings. The van der Waals surface area contributed by atoms with Crippen LogP contribution in [0.5, 0.6) is 0 Å². The number of carboxylic acids is 1. The first-order valence-electron chi connectivity index (χ1n) is 13.0. The Morgan fingerprint density at radius 3 is 2.37 bits per heavy atom. The molecule has 0 unspecified atom stereocenters. The molecular formula is C27H33N5O6. The van der Waals surface area contributed by atoms with Gasteiger partial charge in [0.25, 0.3) is 5.91 Å². The van der Waals surface area contributed by atoms with Gasteiger partial charge in [0.15, 0.2) is 5.82 Å². The third kappa shape index (κ3) is 7.05. The highest BCUT2D eigenvalue weighted by Gasteiger charge is 2.32. The number of rotatable bonds is 10. The molecule has 1 aromatic heterocycles. The normalized spacial score (nSPS) is 16.0. The maximum absolute atomic E-state index is 13.4. The summed E-state index contributed by atoms with van der Waals surface area (Å²) >= 11 is 0. The molecule has 202 valence electrons. The van der Waals surface area contributed by atoms with Crippen LogP contribution in [0.2, 0.25) is 0 Å². The summed E-state index contributed by atoms with van der Waals surface area (Å²) in [6.45, 7) is 3.22. The lowest BCUT2D eigenvalue weighted by atomic mass is 10.1. The zero-order valence-electron chi connectivity index (χ0n) is 21.5. The summed E-state index contributed by atoms with van der Waals surface area (Å²) in [7, 11) is 0. The number of hydrogen-bond acceptors (Lipinski definition) is 7. The van der Waals surface area contributed by atoms with Crippen LogP contribution in [0, 0.1) is 0 Å². The van der Waals surface area contributed by atoms with Gasteiger partial charge in [0.2, 0.25) is 5.91 Å². The van der Waals surface area contributed by atoms with Crippen molar-refractivity contribution in [3.63, 3.8) is 0 Å². The minimum atomic E-state index is -0.969. The zero-order valence-corrected chi connectivity index (χ0v) is 21.5. The van der Waals surface area contributed by atoms with Crippen LogP contribution in [0.15, 0.2) is 36.4 Å². The van der Waals surface area contributed by atoms with E-state index < -0.39 is 24.0 Å². The van der Waals surface area contributed by atoms with Crippen LogP contribution < -0.4 is 5.32 Å². The van der Waals surface area contributed by atoms with Crippen molar-refractivity contribution in [1.29, 1.82) is 0 Å². The minimum absolute atomic E-state index is 0.117. The maximum atomic E-state index is 13.4. The Morgan fingerprint density at radius 2 is 1.74 bits per heavy atom. The lowest BCUT2D eigenvalue weighted by molar-refractivity contribution is -0.138. The molecule has 1 aliphatic carbocycles. The van der Waals surface area contributed by atoms with Crippen LogP contribution in [-0.4, -0.2) is 87.6 Å². The molecule has 1 saturated carbocycles. The Balaban J connectivity index is 1.49. The fraction of sp³-hybridized carbons (Fsp3) is 0.481. The molecule has 2 N–H and O–H groups in total. The van der Waals surface area contributed by atoms with E-state index in [-0.39, 0.29) is 43.4 Å². The van der Waals surface area contributed by atoms with Crippen LogP contribution in [0.4, 0.5) is 4.79 Å². The lowest BCUT2D eigenvalue weighted by Crippen LogP contribution is -2.56. The van der Waals surface area contributed by atoms with Crippen LogP contribution in [0.3, 0.4) is 0 Å². The Bertz CT molecular complexity index is 1160. The van der Waals surface area contributed by atoms with Crippen molar-refractivity contribution in [2.24, 2.45) is 0 Å². The topological polar surface area (TPSA) is 142 Å². The van der Waals surface area contributed by atoms with Gasteiger partial charge in [-0.2, -0.15) is 0 Å². The number of carbonyl (C=O) groups is 4. The van der Waals surface area contributed by atoms with Gasteiger partial charge in [0, 0.05) is 49.8 Å². The summed E-state index contributed by atoms with van der Waals surface area (Å²) in [6.07, 6.45) is 1.85. The largest absolute Gasteiger partial charge is 0.481 e. The van der Waals surface area contributed by atoms with E-state index in [2.05, 4.69) is 15.3 Å². The van der Waals surface area contributed by atoms with Crippen LogP contribution >= 0.6 is 0 Å². The monoisotopic (exact) mass is 523 g/mol. The van der Waals surface area contributed by atoms with Gasteiger partial charge in [-0.3, -0.25) is 14.4 Å². The number of piperazine rings is 1. The van der Waals surface area contributed by atoms with Gasteiger partial charge in [0.1, 0.15) is 11.7 Å². The standard InChI is InChI=1S/C27H33N5O6/c1-2-38-27(37)32-15-13-31(14-16-32)26(36)20(9-6-10-23(33)34)30-25(35)22-17-21(18-11-12-18)28-24(29-22)19-7-4-3-5-8-19/h3-5,7-8,17-18,20H,2,6,9-16H2,1H3,(H,30,35)(H,33,34)/t20-/m0/s1. The number of nitrogens with one attached hydrogen (secondary N) is 1. The van der Waals surface area contributed by atoms with Crippen molar-refractivity contribution in [2.45, 2.75) is 51.0 Å². The van der Waals surface area contributed by atoms with Gasteiger partial charge in [-0.25, -0.2) is 14.8 Å². The minimum Gasteiger partial charge on any atom is -0.481 e. The summed E-state index contributed by atoms with van der Waals surface area (Å²) in [5.41, 5.74) is 1.76. The van der Waals surface area contributed by atoms with Gasteiger partial charge >= 0.3 is 12.1 Å². The average Bonchev–Trinajstić information content (AvgIpc) is 3.78. The maximum Gasteiger partial charge on any atom is 0.409 e. The molecule has 3 amide bonds. The summed E-state index contributed by atoms with van der Waals surface area (Å²) < 4.78 is 5.03. The molecule has 0 spiro atoms. The number of amides is 3. The van der Waals surface area contributed by atoms with Gasteiger partial charge in [-0.1, -0.05) is 30.3 Å². The van der Waals surface area contributed by atoms with Gasteiger partial charge in [0.05, 0.1) is 6.61 Å². The Hall–Kier alpha value is -4.02. The smallest absolute Gasteiger partial charge is 0.409 e. The van der Waals surface area contributed by atoms with E-state index in [0.29, 0.717) is 32.0 Å². The van der Waals surface area contributed by atoms with Crippen molar-refractivity contribution in [3.8, 4) is 11.4 Å². The van der Waals surface area contributed by atoms with Crippen molar-refractivity contribution >= 4 is 23.9 Å². The van der Waals surface area contributed by atoms with Crippen LogP contribution in [0.25, 0.3) is 11.4 Å². The molecule has 2 aromatic rings. The predicted octanol–water partition coefficient (Wildman–Crippen LogP) is 2.67. The van der Waals surface area contributed by atoms with Gasteiger partial charge in [-0.15, -0.1) is 0 Å². The van der Waals surface area contributed by atoms with E-state index in [9.17, 15) is 19.2 Å². The Morgan fingerprint density at radius 1 is 1.05 bits per heavy atom. The molecule has 0 bridgehead atoms. The fourth-order valence-electron chi connectivity index (χ4n) is 4.38. The van der Waals surface area contributed by atoms with Crippen LogP contribution in [0.1, 0.15) is 61.1 Å². The predicted molar refractivity (Wildman–Crippen MR) is 137 cm³/mol. The third-order valence-corrected chi connectivity index (χ3v) is 6.61. The number of carboxylic acid groups (broad SMARTS) is 1. The molecule has 0 radical (unpaired) electrons. The number of ether oxygens (including phenoxy) is 1. The molecule has 1 saturated heterocycles. The first kappa shape index (κ1) is 27.0. The van der Waals surface area contributed by atoms with Crippen molar-refractivity contribution in [2.75, 3.05) is 32.8 Å². The second kappa shape index (κ2) is 12.5. The Labute approximate surface area is 221 Å². The van der Waals surface area contributed by atoms with Crippen molar-refractivity contribution in [3.05, 3.63) is 47.8 Å². The molecule has 2 heterocycles. The van der Waals surface area contributed by atoms with Crippen LogP contribution in [-0.2, 0) is 14.3 Å². The molecule has 2 aliphatic rings. The summed E-state index contributed by atoms with van der Waals surface area (Å²) in [6, 6.07) is 10.2. The lowest BCUT2D eigenvalue weighted by Gasteiger charge is -2.36. The highest BCUT2D eigenvalue weighted by Crippen LogP contribution is 2.39. The van der Waals surface area contributed by atoms with Crippen molar-refractivity contribution < 1.29 is 29.0 Å². The zero-order chi connectivity index (χ0) is 27.1. The van der Waals surface area contributed by atoms with E-state index in [4.69, 9.17) is 9.84 Å². The molecule has 38 heavy (non-hydrogen) atoms. The number of aliphatic carboxylic acids is 1. The molecule has 1 aromatic carbocycles. The number of nitrogens with zero attached hydrogens (tertiary/aromatic N) is 4. The third-order valence-electron chi connectivity index (χ3n) is 6.61. The van der Waals surface area contributed by atoms with Gasteiger partial charge in [-0.05, 0) is 38.7 Å².